The molecule has 1 aliphatic heterocycles. The average molecular weight is 282 g/mol. The summed E-state index contributed by atoms with van der Waals surface area (Å²) in [5, 5.41) is 0.0647. The summed E-state index contributed by atoms with van der Waals surface area (Å²) < 4.78 is 30.8. The SMILES string of the molecule is CS(=O)(=O)c1nc2cncnc2n1C1CCOCC1. The van der Waals surface area contributed by atoms with Gasteiger partial charge in [-0.3, -0.25) is 4.57 Å². The van der Waals surface area contributed by atoms with Crippen molar-refractivity contribution in [1.29, 1.82) is 0 Å². The van der Waals surface area contributed by atoms with Gasteiger partial charge in [0.05, 0.1) is 6.20 Å². The highest BCUT2D eigenvalue weighted by molar-refractivity contribution is 7.90. The Bertz CT molecular complexity index is 704. The molecule has 0 atom stereocenters. The molecule has 1 aliphatic rings. The number of ether oxygens (including phenoxy) is 1. The van der Waals surface area contributed by atoms with Gasteiger partial charge in [-0.1, -0.05) is 0 Å². The van der Waals surface area contributed by atoms with E-state index in [1.54, 1.807) is 4.57 Å². The molecule has 3 rings (SSSR count). The molecular weight excluding hydrogens is 268 g/mol. The number of nitrogens with zero attached hydrogens (tertiary/aromatic N) is 4. The summed E-state index contributed by atoms with van der Waals surface area (Å²) >= 11 is 0. The maximum absolute atomic E-state index is 11.9. The van der Waals surface area contributed by atoms with E-state index in [9.17, 15) is 8.42 Å². The van der Waals surface area contributed by atoms with Crippen LogP contribution in [0.15, 0.2) is 17.7 Å². The third kappa shape index (κ3) is 2.21. The number of hydrogen-bond acceptors (Lipinski definition) is 6. The van der Waals surface area contributed by atoms with Crippen LogP contribution in [0.1, 0.15) is 18.9 Å². The van der Waals surface area contributed by atoms with Crippen LogP contribution in [0.25, 0.3) is 11.2 Å². The van der Waals surface area contributed by atoms with Crippen molar-refractivity contribution in [2.75, 3.05) is 19.5 Å². The fourth-order valence-corrected chi connectivity index (χ4v) is 3.22. The average Bonchev–Trinajstić information content (AvgIpc) is 2.79. The van der Waals surface area contributed by atoms with Crippen LogP contribution < -0.4 is 0 Å². The Kier molecular flexibility index (Phi) is 2.98. The molecule has 0 unspecified atom stereocenters. The molecule has 0 aromatic carbocycles. The zero-order valence-corrected chi connectivity index (χ0v) is 11.3. The maximum atomic E-state index is 11.9. The number of aromatic nitrogens is 4. The Balaban J connectivity index is 2.24. The third-order valence-corrected chi connectivity index (χ3v) is 4.16. The van der Waals surface area contributed by atoms with E-state index in [4.69, 9.17) is 4.74 Å². The molecular formula is C11H14N4O3S. The van der Waals surface area contributed by atoms with Gasteiger partial charge < -0.3 is 4.74 Å². The molecule has 0 radical (unpaired) electrons. The number of hydrogen-bond donors (Lipinski definition) is 0. The smallest absolute Gasteiger partial charge is 0.229 e. The van der Waals surface area contributed by atoms with Crippen molar-refractivity contribution >= 4 is 21.0 Å². The van der Waals surface area contributed by atoms with Gasteiger partial charge in [0, 0.05) is 25.5 Å². The summed E-state index contributed by atoms with van der Waals surface area (Å²) in [6.45, 7) is 1.25. The molecule has 1 saturated heterocycles. The number of sulfone groups is 1. The first-order valence-corrected chi connectivity index (χ1v) is 7.92. The first-order valence-electron chi connectivity index (χ1n) is 6.03. The minimum atomic E-state index is -3.40. The Labute approximate surface area is 110 Å². The van der Waals surface area contributed by atoms with Crippen LogP contribution >= 0.6 is 0 Å². The van der Waals surface area contributed by atoms with Crippen molar-refractivity contribution in [3.8, 4) is 0 Å². The molecule has 0 saturated carbocycles. The van der Waals surface area contributed by atoms with Gasteiger partial charge >= 0.3 is 0 Å². The van der Waals surface area contributed by atoms with Crippen molar-refractivity contribution in [3.63, 3.8) is 0 Å². The van der Waals surface area contributed by atoms with E-state index in [0.29, 0.717) is 24.4 Å². The third-order valence-electron chi connectivity index (χ3n) is 3.21. The summed E-state index contributed by atoms with van der Waals surface area (Å²) in [4.78, 5) is 12.2. The van der Waals surface area contributed by atoms with Gasteiger partial charge in [0.2, 0.25) is 15.0 Å². The van der Waals surface area contributed by atoms with Crippen LogP contribution in [-0.4, -0.2) is 47.4 Å². The first-order chi connectivity index (χ1) is 9.07. The first kappa shape index (κ1) is 12.5. The molecule has 2 aromatic heterocycles. The summed E-state index contributed by atoms with van der Waals surface area (Å²) in [5.41, 5.74) is 1.08. The minimum absolute atomic E-state index is 0.0541. The van der Waals surface area contributed by atoms with Crippen molar-refractivity contribution in [2.45, 2.75) is 24.0 Å². The van der Waals surface area contributed by atoms with E-state index in [2.05, 4.69) is 15.0 Å². The van der Waals surface area contributed by atoms with Crippen molar-refractivity contribution in [3.05, 3.63) is 12.5 Å². The maximum Gasteiger partial charge on any atom is 0.229 e. The largest absolute Gasteiger partial charge is 0.381 e. The fraction of sp³-hybridized carbons (Fsp3) is 0.545. The summed E-state index contributed by atoms with van der Waals surface area (Å²) in [6.07, 6.45) is 5.63. The normalized spacial score (nSPS) is 17.9. The second-order valence-corrected chi connectivity index (χ2v) is 6.52. The Morgan fingerprint density at radius 3 is 2.79 bits per heavy atom. The molecule has 1 fully saturated rings. The lowest BCUT2D eigenvalue weighted by Crippen LogP contribution is -2.22. The van der Waals surface area contributed by atoms with Gasteiger partial charge in [-0.15, -0.1) is 0 Å². The van der Waals surface area contributed by atoms with Gasteiger partial charge in [-0.05, 0) is 12.8 Å². The predicted octanol–water partition coefficient (Wildman–Crippen LogP) is 0.581. The molecule has 0 spiro atoms. The van der Waals surface area contributed by atoms with Crippen molar-refractivity contribution in [1.82, 2.24) is 19.5 Å². The molecule has 19 heavy (non-hydrogen) atoms. The highest BCUT2D eigenvalue weighted by Gasteiger charge is 2.27. The van der Waals surface area contributed by atoms with Crippen LogP contribution in [-0.2, 0) is 14.6 Å². The predicted molar refractivity (Wildman–Crippen MR) is 67.5 cm³/mol. The Morgan fingerprint density at radius 2 is 2.11 bits per heavy atom. The van der Waals surface area contributed by atoms with Crippen LogP contribution in [0.5, 0.6) is 0 Å². The van der Waals surface area contributed by atoms with Crippen molar-refractivity contribution < 1.29 is 13.2 Å². The van der Waals surface area contributed by atoms with Gasteiger partial charge in [-0.25, -0.2) is 23.4 Å². The summed E-state index contributed by atoms with van der Waals surface area (Å²) in [6, 6.07) is 0.0541. The van der Waals surface area contributed by atoms with E-state index < -0.39 is 9.84 Å². The van der Waals surface area contributed by atoms with Gasteiger partial charge in [-0.2, -0.15) is 0 Å². The zero-order valence-electron chi connectivity index (χ0n) is 10.5. The van der Waals surface area contributed by atoms with E-state index >= 15 is 0 Å². The molecule has 0 amide bonds. The minimum Gasteiger partial charge on any atom is -0.381 e. The number of fused-ring (bicyclic) bond motifs is 1. The topological polar surface area (TPSA) is 87.0 Å². The molecule has 8 heteroatoms. The second kappa shape index (κ2) is 4.53. The number of rotatable bonds is 2. The fourth-order valence-electron chi connectivity index (χ4n) is 2.36. The van der Waals surface area contributed by atoms with E-state index in [-0.39, 0.29) is 11.2 Å². The summed E-state index contributed by atoms with van der Waals surface area (Å²) in [5.74, 6) is 0. The van der Waals surface area contributed by atoms with E-state index in [1.807, 2.05) is 0 Å². The highest BCUT2D eigenvalue weighted by Crippen LogP contribution is 2.28. The quantitative estimate of drug-likeness (QED) is 0.800. The molecule has 7 nitrogen and oxygen atoms in total. The lowest BCUT2D eigenvalue weighted by Gasteiger charge is -2.24. The molecule has 0 aliphatic carbocycles. The second-order valence-electron chi connectivity index (χ2n) is 4.61. The highest BCUT2D eigenvalue weighted by atomic mass is 32.2. The Morgan fingerprint density at radius 1 is 1.37 bits per heavy atom. The zero-order chi connectivity index (χ0) is 13.5. The standard InChI is InChI=1S/C11H14N4O3S/c1-19(16,17)11-14-9-6-12-7-13-10(9)15(11)8-2-4-18-5-3-8/h6-8H,2-5H2,1H3. The molecule has 0 N–H and O–H groups in total. The lowest BCUT2D eigenvalue weighted by atomic mass is 10.1. The van der Waals surface area contributed by atoms with Gasteiger partial charge in [0.15, 0.2) is 5.65 Å². The Hall–Kier alpha value is -1.54. The van der Waals surface area contributed by atoms with Crippen molar-refractivity contribution in [2.24, 2.45) is 0 Å². The van der Waals surface area contributed by atoms with Gasteiger partial charge in [0.25, 0.3) is 0 Å². The molecule has 3 heterocycles. The molecule has 102 valence electrons. The number of imidazole rings is 1. The van der Waals surface area contributed by atoms with E-state index in [1.165, 1.54) is 12.5 Å². The van der Waals surface area contributed by atoms with Crippen LogP contribution in [0, 0.1) is 0 Å². The van der Waals surface area contributed by atoms with E-state index in [0.717, 1.165) is 19.1 Å². The van der Waals surface area contributed by atoms with Crippen LogP contribution in [0.2, 0.25) is 0 Å². The monoisotopic (exact) mass is 282 g/mol. The molecule has 2 aromatic rings. The van der Waals surface area contributed by atoms with Crippen LogP contribution in [0.3, 0.4) is 0 Å². The van der Waals surface area contributed by atoms with Crippen LogP contribution in [0.4, 0.5) is 0 Å². The lowest BCUT2D eigenvalue weighted by molar-refractivity contribution is 0.0681. The van der Waals surface area contributed by atoms with Gasteiger partial charge in [0.1, 0.15) is 11.8 Å². The molecule has 0 bridgehead atoms. The summed E-state index contributed by atoms with van der Waals surface area (Å²) in [7, 11) is -3.40.